The van der Waals surface area contributed by atoms with Crippen molar-refractivity contribution in [3.8, 4) is 34.2 Å². The molecular formula is C22H20N6O2. The lowest BCUT2D eigenvalue weighted by atomic mass is 10.0. The van der Waals surface area contributed by atoms with Gasteiger partial charge in [-0.2, -0.15) is 10.4 Å². The van der Waals surface area contributed by atoms with Gasteiger partial charge in [-0.05, 0) is 12.1 Å². The molecule has 1 fully saturated rings. The molecule has 4 aromatic rings. The van der Waals surface area contributed by atoms with Gasteiger partial charge in [0, 0.05) is 72.3 Å². The van der Waals surface area contributed by atoms with Gasteiger partial charge in [-0.15, -0.1) is 0 Å². The van der Waals surface area contributed by atoms with Crippen LogP contribution in [0.3, 0.4) is 0 Å². The number of ether oxygens (including phenoxy) is 2. The molecule has 0 unspecified atom stereocenters. The van der Waals surface area contributed by atoms with E-state index >= 15 is 0 Å². The molecule has 8 nitrogen and oxygen atoms in total. The Bertz CT molecular complexity index is 1250. The van der Waals surface area contributed by atoms with Crippen molar-refractivity contribution in [1.29, 1.82) is 5.26 Å². The van der Waals surface area contributed by atoms with Crippen LogP contribution in [0.5, 0.6) is 5.88 Å². The average molecular weight is 400 g/mol. The monoisotopic (exact) mass is 400 g/mol. The lowest BCUT2D eigenvalue weighted by molar-refractivity contribution is 0.0236. The van der Waals surface area contributed by atoms with E-state index in [1.807, 2.05) is 37.9 Å². The Labute approximate surface area is 173 Å². The van der Waals surface area contributed by atoms with E-state index in [2.05, 4.69) is 32.2 Å². The van der Waals surface area contributed by atoms with Crippen molar-refractivity contribution in [2.24, 2.45) is 7.05 Å². The van der Waals surface area contributed by atoms with Crippen molar-refractivity contribution < 1.29 is 9.47 Å². The smallest absolute Gasteiger partial charge is 0.231 e. The maximum absolute atomic E-state index is 9.65. The van der Waals surface area contributed by atoms with Crippen molar-refractivity contribution in [1.82, 2.24) is 24.7 Å². The third kappa shape index (κ3) is 3.40. The summed E-state index contributed by atoms with van der Waals surface area (Å²) in [5.74, 6) is 0.377. The van der Waals surface area contributed by atoms with Gasteiger partial charge in [-0.1, -0.05) is 0 Å². The second-order valence-electron chi connectivity index (χ2n) is 7.34. The van der Waals surface area contributed by atoms with Gasteiger partial charge in [0.1, 0.15) is 23.4 Å². The van der Waals surface area contributed by atoms with Crippen LogP contribution in [0.15, 0.2) is 43.1 Å². The molecule has 30 heavy (non-hydrogen) atoms. The molecule has 150 valence electrons. The molecule has 1 saturated heterocycles. The maximum Gasteiger partial charge on any atom is 0.231 e. The van der Waals surface area contributed by atoms with Crippen molar-refractivity contribution >= 4 is 11.0 Å². The van der Waals surface area contributed by atoms with Crippen molar-refractivity contribution in [3.63, 3.8) is 0 Å². The van der Waals surface area contributed by atoms with Gasteiger partial charge < -0.3 is 14.5 Å². The Morgan fingerprint density at radius 1 is 1.13 bits per heavy atom. The summed E-state index contributed by atoms with van der Waals surface area (Å²) in [5.41, 5.74) is 4.94. The zero-order valence-corrected chi connectivity index (χ0v) is 16.5. The minimum absolute atomic E-state index is 0.0310. The molecule has 0 atom stereocenters. The lowest BCUT2D eigenvalue weighted by Gasteiger charge is -2.23. The van der Waals surface area contributed by atoms with Crippen molar-refractivity contribution in [2.45, 2.75) is 18.9 Å². The van der Waals surface area contributed by atoms with Gasteiger partial charge in [0.25, 0.3) is 0 Å². The van der Waals surface area contributed by atoms with Crippen LogP contribution in [0.2, 0.25) is 0 Å². The van der Waals surface area contributed by atoms with E-state index in [1.54, 1.807) is 10.9 Å². The first-order chi connectivity index (χ1) is 14.7. The molecular weight excluding hydrogens is 380 g/mol. The van der Waals surface area contributed by atoms with Gasteiger partial charge in [0.15, 0.2) is 0 Å². The zero-order valence-electron chi connectivity index (χ0n) is 16.5. The summed E-state index contributed by atoms with van der Waals surface area (Å²) in [6, 6.07) is 6.11. The number of rotatable bonds is 4. The Balaban J connectivity index is 1.51. The predicted octanol–water partition coefficient (Wildman–Crippen LogP) is 3.45. The zero-order chi connectivity index (χ0) is 20.5. The summed E-state index contributed by atoms with van der Waals surface area (Å²) < 4.78 is 13.1. The number of fused-ring (bicyclic) bond motifs is 1. The second kappa shape index (κ2) is 7.61. The van der Waals surface area contributed by atoms with Crippen molar-refractivity contribution in [3.05, 3.63) is 48.7 Å². The number of aromatic amines is 1. The predicted molar refractivity (Wildman–Crippen MR) is 111 cm³/mol. The lowest BCUT2D eigenvalue weighted by Crippen LogP contribution is -2.26. The standard InChI is InChI=1S/C22H20N6O2/c1-28-13-17(11-27-28)15-7-19-20(12-25-21(19)24-9-15)16-6-14(8-23)22(26-10-16)30-18-2-4-29-5-3-18/h6-7,9-13,18H,2-5H2,1H3,(H,24,25). The second-order valence-corrected chi connectivity index (χ2v) is 7.34. The molecule has 0 aromatic carbocycles. The number of nitrogens with one attached hydrogen (secondary N) is 1. The number of hydrogen-bond donors (Lipinski definition) is 1. The highest BCUT2D eigenvalue weighted by Gasteiger charge is 2.19. The molecule has 4 aromatic heterocycles. The van der Waals surface area contributed by atoms with Gasteiger partial charge in [-0.25, -0.2) is 9.97 Å². The molecule has 1 N–H and O–H groups in total. The summed E-state index contributed by atoms with van der Waals surface area (Å²) in [6.45, 7) is 1.35. The molecule has 5 heterocycles. The summed E-state index contributed by atoms with van der Waals surface area (Å²) >= 11 is 0. The first-order valence-corrected chi connectivity index (χ1v) is 9.82. The molecule has 0 radical (unpaired) electrons. The maximum atomic E-state index is 9.65. The number of hydrogen-bond acceptors (Lipinski definition) is 6. The van der Waals surface area contributed by atoms with Crippen LogP contribution in [0.1, 0.15) is 18.4 Å². The summed E-state index contributed by atoms with van der Waals surface area (Å²) in [6.07, 6.45) is 10.9. The van der Waals surface area contributed by atoms with E-state index in [0.29, 0.717) is 24.7 Å². The average Bonchev–Trinajstić information content (AvgIpc) is 3.40. The van der Waals surface area contributed by atoms with Gasteiger partial charge in [0.05, 0.1) is 19.4 Å². The van der Waals surface area contributed by atoms with Crippen LogP contribution < -0.4 is 4.74 Å². The minimum atomic E-state index is 0.0310. The topological polar surface area (TPSA) is 102 Å². The summed E-state index contributed by atoms with van der Waals surface area (Å²) in [7, 11) is 1.89. The summed E-state index contributed by atoms with van der Waals surface area (Å²) in [4.78, 5) is 12.2. The highest BCUT2D eigenvalue weighted by atomic mass is 16.5. The number of H-pyrrole nitrogens is 1. The SMILES string of the molecule is Cn1cc(-c2cnc3[nH]cc(-c4cnc(OC5CCOCC5)c(C#N)c4)c3c2)cn1. The molecule has 8 heteroatoms. The van der Waals surface area contributed by atoms with E-state index < -0.39 is 0 Å². The number of pyridine rings is 2. The molecule has 0 amide bonds. The minimum Gasteiger partial charge on any atom is -0.473 e. The molecule has 0 bridgehead atoms. The number of aryl methyl sites for hydroxylation is 1. The van der Waals surface area contributed by atoms with Crippen molar-refractivity contribution in [2.75, 3.05) is 13.2 Å². The first kappa shape index (κ1) is 18.3. The molecule has 1 aliphatic rings. The molecule has 0 saturated carbocycles. The van der Waals surface area contributed by atoms with Crippen LogP contribution >= 0.6 is 0 Å². The summed E-state index contributed by atoms with van der Waals surface area (Å²) in [5, 5.41) is 14.8. The van der Waals surface area contributed by atoms with Crippen LogP contribution in [0, 0.1) is 11.3 Å². The number of nitriles is 1. The van der Waals surface area contributed by atoms with Crippen LogP contribution in [0.4, 0.5) is 0 Å². The first-order valence-electron chi connectivity index (χ1n) is 9.82. The third-order valence-corrected chi connectivity index (χ3v) is 5.30. The Morgan fingerprint density at radius 2 is 1.97 bits per heavy atom. The third-order valence-electron chi connectivity index (χ3n) is 5.30. The fraction of sp³-hybridized carbons (Fsp3) is 0.273. The normalized spacial score (nSPS) is 14.7. The highest BCUT2D eigenvalue weighted by molar-refractivity contribution is 5.95. The van der Waals surface area contributed by atoms with Gasteiger partial charge in [0.2, 0.25) is 5.88 Å². The fourth-order valence-electron chi connectivity index (χ4n) is 3.70. The Morgan fingerprint density at radius 3 is 2.73 bits per heavy atom. The van der Waals surface area contributed by atoms with E-state index in [9.17, 15) is 5.26 Å². The molecule has 5 rings (SSSR count). The number of nitrogens with zero attached hydrogens (tertiary/aromatic N) is 5. The van der Waals surface area contributed by atoms with E-state index in [-0.39, 0.29) is 6.10 Å². The molecule has 1 aliphatic heterocycles. The van der Waals surface area contributed by atoms with Crippen LogP contribution in [0.25, 0.3) is 33.3 Å². The highest BCUT2D eigenvalue weighted by Crippen LogP contribution is 2.32. The Hall–Kier alpha value is -3.70. The van der Waals surface area contributed by atoms with E-state index in [1.165, 1.54) is 0 Å². The van der Waals surface area contributed by atoms with E-state index in [0.717, 1.165) is 46.1 Å². The van der Waals surface area contributed by atoms with E-state index in [4.69, 9.17) is 9.47 Å². The van der Waals surface area contributed by atoms with Gasteiger partial charge >= 0.3 is 0 Å². The number of aromatic nitrogens is 5. The Kier molecular flexibility index (Phi) is 4.65. The van der Waals surface area contributed by atoms with Gasteiger partial charge in [-0.3, -0.25) is 4.68 Å². The van der Waals surface area contributed by atoms with Crippen LogP contribution in [-0.2, 0) is 11.8 Å². The fourth-order valence-corrected chi connectivity index (χ4v) is 3.70. The largest absolute Gasteiger partial charge is 0.473 e. The molecule has 0 aliphatic carbocycles. The molecule has 0 spiro atoms. The quantitative estimate of drug-likeness (QED) is 0.563. The van der Waals surface area contributed by atoms with Crippen LogP contribution in [-0.4, -0.2) is 44.1 Å².